The second-order valence-corrected chi connectivity index (χ2v) is 7.34. The van der Waals surface area contributed by atoms with Crippen molar-refractivity contribution in [3.8, 4) is 0 Å². The third-order valence-electron chi connectivity index (χ3n) is 5.70. The molecule has 0 heterocycles. The maximum atomic E-state index is 11.0. The number of carbonyl (C=O) groups is 1. The van der Waals surface area contributed by atoms with Crippen molar-refractivity contribution in [1.82, 2.24) is 5.32 Å². The van der Waals surface area contributed by atoms with Gasteiger partial charge in [-0.1, -0.05) is 31.2 Å². The predicted molar refractivity (Wildman–Crippen MR) is 88.1 cm³/mol. The third-order valence-corrected chi connectivity index (χ3v) is 5.70. The number of carboxylic acids is 1. The summed E-state index contributed by atoms with van der Waals surface area (Å²) in [6.07, 6.45) is 7.34. The van der Waals surface area contributed by atoms with Gasteiger partial charge in [-0.2, -0.15) is 0 Å². The molecule has 3 heteroatoms. The Morgan fingerprint density at radius 3 is 2.73 bits per heavy atom. The molecule has 1 unspecified atom stereocenters. The second-order valence-electron chi connectivity index (χ2n) is 7.34. The van der Waals surface area contributed by atoms with Crippen LogP contribution in [0.4, 0.5) is 0 Å². The maximum Gasteiger partial charge on any atom is 0.306 e. The molecule has 1 aromatic carbocycles. The molecule has 1 fully saturated rings. The van der Waals surface area contributed by atoms with Gasteiger partial charge in [-0.05, 0) is 56.1 Å². The number of rotatable bonds is 4. The number of hydrogen-bond acceptors (Lipinski definition) is 2. The van der Waals surface area contributed by atoms with Gasteiger partial charge in [-0.3, -0.25) is 4.79 Å². The maximum absolute atomic E-state index is 11.0. The Labute approximate surface area is 133 Å². The number of aliphatic carboxylic acids is 1. The van der Waals surface area contributed by atoms with Crippen molar-refractivity contribution in [1.29, 1.82) is 0 Å². The normalized spacial score (nSPS) is 31.5. The van der Waals surface area contributed by atoms with Crippen molar-refractivity contribution in [3.05, 3.63) is 35.4 Å². The Balaban J connectivity index is 1.59. The predicted octanol–water partition coefficient (Wildman–Crippen LogP) is 3.51. The molecule has 3 nitrogen and oxygen atoms in total. The molecule has 0 radical (unpaired) electrons. The highest BCUT2D eigenvalue weighted by Gasteiger charge is 2.33. The lowest BCUT2D eigenvalue weighted by atomic mass is 9.71. The fraction of sp³-hybridized carbons (Fsp3) is 0.632. The van der Waals surface area contributed by atoms with Gasteiger partial charge < -0.3 is 10.4 Å². The van der Waals surface area contributed by atoms with Gasteiger partial charge in [0.25, 0.3) is 0 Å². The molecule has 0 spiro atoms. The zero-order valence-corrected chi connectivity index (χ0v) is 13.5. The fourth-order valence-electron chi connectivity index (χ4n) is 4.23. The number of aryl methyl sites for hydroxylation is 1. The highest BCUT2D eigenvalue weighted by molar-refractivity contribution is 5.70. The summed E-state index contributed by atoms with van der Waals surface area (Å²) in [4.78, 5) is 11.0. The summed E-state index contributed by atoms with van der Waals surface area (Å²) in [5, 5.41) is 12.8. The van der Waals surface area contributed by atoms with Crippen LogP contribution in [0.25, 0.3) is 0 Å². The Bertz CT molecular complexity index is 534. The highest BCUT2D eigenvalue weighted by Crippen LogP contribution is 2.37. The Morgan fingerprint density at radius 2 is 2.00 bits per heavy atom. The fourth-order valence-corrected chi connectivity index (χ4v) is 4.23. The lowest BCUT2D eigenvalue weighted by Gasteiger charge is -2.38. The lowest BCUT2D eigenvalue weighted by Crippen LogP contribution is -2.44. The van der Waals surface area contributed by atoms with E-state index in [1.165, 1.54) is 30.4 Å². The highest BCUT2D eigenvalue weighted by atomic mass is 16.4. The molecule has 0 saturated heterocycles. The van der Waals surface area contributed by atoms with Gasteiger partial charge in [0, 0.05) is 18.0 Å². The second kappa shape index (κ2) is 6.41. The third kappa shape index (κ3) is 3.19. The summed E-state index contributed by atoms with van der Waals surface area (Å²) >= 11 is 0. The summed E-state index contributed by atoms with van der Waals surface area (Å²) in [5.41, 5.74) is 3.24. The molecule has 120 valence electrons. The molecular weight excluding hydrogens is 274 g/mol. The Hall–Kier alpha value is -1.35. The van der Waals surface area contributed by atoms with Crippen LogP contribution in [0.3, 0.4) is 0 Å². The summed E-state index contributed by atoms with van der Waals surface area (Å²) in [7, 11) is 0. The number of nitrogens with one attached hydrogen (secondary N) is 1. The summed E-state index contributed by atoms with van der Waals surface area (Å²) < 4.78 is 0. The zero-order valence-electron chi connectivity index (χ0n) is 13.5. The first kappa shape index (κ1) is 15.5. The molecule has 3 rings (SSSR count). The van der Waals surface area contributed by atoms with Gasteiger partial charge in [0.2, 0.25) is 0 Å². The largest absolute Gasteiger partial charge is 0.481 e. The molecule has 0 bridgehead atoms. The lowest BCUT2D eigenvalue weighted by molar-refractivity contribution is -0.142. The number of benzene rings is 1. The van der Waals surface area contributed by atoms with Crippen LogP contribution in [0.15, 0.2) is 24.3 Å². The Kier molecular flexibility index (Phi) is 4.53. The van der Waals surface area contributed by atoms with Crippen LogP contribution >= 0.6 is 0 Å². The van der Waals surface area contributed by atoms with Crippen molar-refractivity contribution in [3.63, 3.8) is 0 Å². The van der Waals surface area contributed by atoms with E-state index < -0.39 is 5.97 Å². The average Bonchev–Trinajstić information content (AvgIpc) is 2.54. The quantitative estimate of drug-likeness (QED) is 0.894. The van der Waals surface area contributed by atoms with Crippen LogP contribution in [0.5, 0.6) is 0 Å². The first-order chi connectivity index (χ1) is 10.6. The minimum Gasteiger partial charge on any atom is -0.481 e. The van der Waals surface area contributed by atoms with Gasteiger partial charge in [0.05, 0.1) is 5.92 Å². The molecular formula is C19H27NO2. The zero-order chi connectivity index (χ0) is 15.6. The molecule has 1 saturated carbocycles. The van der Waals surface area contributed by atoms with Gasteiger partial charge in [0.15, 0.2) is 0 Å². The molecule has 0 aromatic heterocycles. The van der Waals surface area contributed by atoms with Crippen molar-refractivity contribution in [2.45, 2.75) is 63.3 Å². The van der Waals surface area contributed by atoms with Crippen molar-refractivity contribution in [2.75, 3.05) is 6.54 Å². The number of fused-ring (bicyclic) bond motifs is 1. The SMILES string of the molecule is CC1(CNC2CCC(C(=O)O)CC2)CCCc2ccccc21. The molecule has 0 aliphatic heterocycles. The van der Waals surface area contributed by atoms with Gasteiger partial charge in [-0.25, -0.2) is 0 Å². The van der Waals surface area contributed by atoms with Crippen LogP contribution in [0, 0.1) is 5.92 Å². The van der Waals surface area contributed by atoms with E-state index in [2.05, 4.69) is 36.5 Å². The molecule has 2 N–H and O–H groups in total. The van der Waals surface area contributed by atoms with E-state index in [1.54, 1.807) is 0 Å². The van der Waals surface area contributed by atoms with Gasteiger partial charge >= 0.3 is 5.97 Å². The van der Waals surface area contributed by atoms with E-state index in [0.29, 0.717) is 6.04 Å². The van der Waals surface area contributed by atoms with E-state index >= 15 is 0 Å². The topological polar surface area (TPSA) is 49.3 Å². The molecule has 2 aliphatic carbocycles. The van der Waals surface area contributed by atoms with Gasteiger partial charge in [-0.15, -0.1) is 0 Å². The average molecular weight is 301 g/mol. The van der Waals surface area contributed by atoms with Crippen LogP contribution in [-0.4, -0.2) is 23.7 Å². The standard InChI is InChI=1S/C19H27NO2/c1-19(12-4-6-14-5-2-3-7-17(14)19)13-20-16-10-8-15(9-11-16)18(21)22/h2-3,5,7,15-16,20H,4,6,8-13H2,1H3,(H,21,22). The van der Waals surface area contributed by atoms with Crippen LogP contribution in [0.1, 0.15) is 56.6 Å². The Morgan fingerprint density at radius 1 is 1.27 bits per heavy atom. The molecule has 1 atom stereocenters. The van der Waals surface area contributed by atoms with E-state index in [-0.39, 0.29) is 11.3 Å². The van der Waals surface area contributed by atoms with Crippen molar-refractivity contribution in [2.24, 2.45) is 5.92 Å². The van der Waals surface area contributed by atoms with E-state index in [0.717, 1.165) is 32.2 Å². The smallest absolute Gasteiger partial charge is 0.306 e. The summed E-state index contributed by atoms with van der Waals surface area (Å²) in [6.45, 7) is 3.38. The van der Waals surface area contributed by atoms with Crippen LogP contribution < -0.4 is 5.32 Å². The molecule has 2 aliphatic rings. The van der Waals surface area contributed by atoms with E-state index in [4.69, 9.17) is 5.11 Å². The summed E-state index contributed by atoms with van der Waals surface area (Å²) in [5.74, 6) is -0.740. The first-order valence-electron chi connectivity index (χ1n) is 8.63. The minimum atomic E-state index is -0.619. The monoisotopic (exact) mass is 301 g/mol. The van der Waals surface area contributed by atoms with Crippen LogP contribution in [-0.2, 0) is 16.6 Å². The van der Waals surface area contributed by atoms with Crippen LogP contribution in [0.2, 0.25) is 0 Å². The van der Waals surface area contributed by atoms with E-state index in [9.17, 15) is 4.79 Å². The minimum absolute atomic E-state index is 0.121. The van der Waals surface area contributed by atoms with Gasteiger partial charge in [0.1, 0.15) is 0 Å². The van der Waals surface area contributed by atoms with Crippen molar-refractivity contribution >= 4 is 5.97 Å². The molecule has 0 amide bonds. The molecule has 1 aromatic rings. The van der Waals surface area contributed by atoms with Crippen molar-refractivity contribution < 1.29 is 9.90 Å². The number of hydrogen-bond donors (Lipinski definition) is 2. The number of carboxylic acid groups (broad SMARTS) is 1. The molecule has 22 heavy (non-hydrogen) atoms. The van der Waals surface area contributed by atoms with E-state index in [1.807, 2.05) is 0 Å². The first-order valence-corrected chi connectivity index (χ1v) is 8.63. The summed E-state index contributed by atoms with van der Waals surface area (Å²) in [6, 6.07) is 9.34.